The molecule has 0 saturated heterocycles. The van der Waals surface area contributed by atoms with Gasteiger partial charge in [-0.3, -0.25) is 9.59 Å². The van der Waals surface area contributed by atoms with Gasteiger partial charge < -0.3 is 19.0 Å². The highest BCUT2D eigenvalue weighted by atomic mass is 79.9. The Hall–Kier alpha value is -3.48. The average Bonchev–Trinajstić information content (AvgIpc) is 2.75. The lowest BCUT2D eigenvalue weighted by Crippen LogP contribution is -2.31. The van der Waals surface area contributed by atoms with E-state index in [1.807, 2.05) is 0 Å². The summed E-state index contributed by atoms with van der Waals surface area (Å²) in [5.41, 5.74) is -1.35. The third kappa shape index (κ3) is 5.53. The van der Waals surface area contributed by atoms with Crippen LogP contribution < -0.4 is 20.6 Å². The third-order valence-corrected chi connectivity index (χ3v) is 5.26. The number of esters is 1. The number of alkyl halides is 3. The van der Waals surface area contributed by atoms with Gasteiger partial charge >= 0.3 is 12.1 Å². The summed E-state index contributed by atoms with van der Waals surface area (Å²) in [7, 11) is 0. The monoisotopic (exact) mass is 548 g/mol. The maximum Gasteiger partial charge on any atom is 0.491 e. The van der Waals surface area contributed by atoms with E-state index in [1.165, 1.54) is 25.3 Å². The van der Waals surface area contributed by atoms with Gasteiger partial charge in [0.05, 0.1) is 12.2 Å². The molecule has 34 heavy (non-hydrogen) atoms. The van der Waals surface area contributed by atoms with Crippen molar-refractivity contribution in [3.05, 3.63) is 90.2 Å². The van der Waals surface area contributed by atoms with Crippen LogP contribution in [0.15, 0.2) is 50.6 Å². The molecule has 3 rings (SSSR count). The molecule has 0 unspecified atom stereocenters. The van der Waals surface area contributed by atoms with Crippen molar-refractivity contribution in [2.45, 2.75) is 26.3 Å². The molecule has 0 bridgehead atoms. The lowest BCUT2D eigenvalue weighted by Gasteiger charge is -2.20. The van der Waals surface area contributed by atoms with Gasteiger partial charge in [0.1, 0.15) is 22.7 Å². The highest BCUT2D eigenvalue weighted by molar-refractivity contribution is 9.10. The number of pyridine rings is 2. The topological polar surface area (TPSA) is 90.4 Å². The second-order valence-electron chi connectivity index (χ2n) is 6.92. The number of hydrogen-bond acceptors (Lipinski definition) is 5. The molecule has 3 aromatic rings. The van der Waals surface area contributed by atoms with Crippen LogP contribution in [0.1, 0.15) is 16.8 Å². The number of H-pyrrole nitrogens is 1. The standard InChI is InChI=1S/C21H14BrF5N2O5/c1-10-17(34-20(32)21(25,26)27)18(33-9-12-2-3-13(23)7-14(12)24)16(22)19(31)29(10)8-11-4-5-28-15(30)6-11/h2-7H,8-9H2,1H3,(H,28,30). The average molecular weight is 549 g/mol. The number of nitrogens with one attached hydrogen (secondary N) is 1. The summed E-state index contributed by atoms with van der Waals surface area (Å²) in [5, 5.41) is 0. The number of ether oxygens (including phenoxy) is 2. The van der Waals surface area contributed by atoms with E-state index in [2.05, 4.69) is 25.7 Å². The molecule has 7 nitrogen and oxygen atoms in total. The zero-order valence-electron chi connectivity index (χ0n) is 17.1. The van der Waals surface area contributed by atoms with Gasteiger partial charge in [0.15, 0.2) is 11.5 Å². The van der Waals surface area contributed by atoms with Gasteiger partial charge in [-0.1, -0.05) is 0 Å². The molecule has 0 aliphatic heterocycles. The fourth-order valence-electron chi connectivity index (χ4n) is 2.90. The molecule has 13 heteroatoms. The van der Waals surface area contributed by atoms with Crippen LogP contribution in [0.5, 0.6) is 11.5 Å². The van der Waals surface area contributed by atoms with Crippen LogP contribution in [0.25, 0.3) is 0 Å². The molecule has 1 N–H and O–H groups in total. The maximum atomic E-state index is 14.0. The summed E-state index contributed by atoms with van der Waals surface area (Å²) in [6.45, 7) is 0.320. The molecule has 1 aromatic carbocycles. The summed E-state index contributed by atoms with van der Waals surface area (Å²) >= 11 is 2.94. The van der Waals surface area contributed by atoms with Gasteiger partial charge in [-0.2, -0.15) is 13.2 Å². The van der Waals surface area contributed by atoms with Crippen LogP contribution in [-0.2, 0) is 17.9 Å². The summed E-state index contributed by atoms with van der Waals surface area (Å²) in [4.78, 5) is 38.4. The quantitative estimate of drug-likeness (QED) is 0.371. The number of aromatic nitrogens is 2. The van der Waals surface area contributed by atoms with E-state index >= 15 is 0 Å². The fourth-order valence-corrected chi connectivity index (χ4v) is 3.41. The smallest absolute Gasteiger partial charge is 0.483 e. The van der Waals surface area contributed by atoms with Gasteiger partial charge in [0.2, 0.25) is 5.56 Å². The predicted octanol–water partition coefficient (Wildman–Crippen LogP) is 3.98. The largest absolute Gasteiger partial charge is 0.491 e. The predicted molar refractivity (Wildman–Crippen MR) is 112 cm³/mol. The molecule has 2 heterocycles. The van der Waals surface area contributed by atoms with Gasteiger partial charge in [-0.05, 0) is 46.6 Å². The minimum absolute atomic E-state index is 0.174. The molecule has 180 valence electrons. The Balaban J connectivity index is 2.10. The van der Waals surface area contributed by atoms with Gasteiger partial charge in [-0.15, -0.1) is 0 Å². The first-order chi connectivity index (χ1) is 15.9. The van der Waals surface area contributed by atoms with Crippen LogP contribution in [0.3, 0.4) is 0 Å². The number of nitrogens with zero attached hydrogens (tertiary/aromatic N) is 1. The van der Waals surface area contributed by atoms with E-state index in [0.717, 1.165) is 16.7 Å². The Bertz CT molecular complexity index is 1370. The molecule has 0 aliphatic carbocycles. The van der Waals surface area contributed by atoms with Crippen molar-refractivity contribution in [2.75, 3.05) is 0 Å². The Morgan fingerprint density at radius 2 is 1.82 bits per heavy atom. The van der Waals surface area contributed by atoms with Crippen molar-refractivity contribution in [3.8, 4) is 11.5 Å². The highest BCUT2D eigenvalue weighted by Crippen LogP contribution is 2.38. The van der Waals surface area contributed by atoms with Crippen LogP contribution in [0, 0.1) is 18.6 Å². The van der Waals surface area contributed by atoms with Crippen molar-refractivity contribution in [1.82, 2.24) is 9.55 Å². The highest BCUT2D eigenvalue weighted by Gasteiger charge is 2.42. The molecule has 2 aromatic heterocycles. The molecule has 0 atom stereocenters. The maximum absolute atomic E-state index is 14.0. The number of benzene rings is 1. The first-order valence-corrected chi connectivity index (χ1v) is 10.1. The van der Waals surface area contributed by atoms with Crippen LogP contribution >= 0.6 is 15.9 Å². The number of aromatic amines is 1. The van der Waals surface area contributed by atoms with E-state index in [4.69, 9.17) is 4.74 Å². The Morgan fingerprint density at radius 1 is 1.12 bits per heavy atom. The second kappa shape index (κ2) is 9.79. The molecule has 0 fully saturated rings. The number of halogens is 6. The lowest BCUT2D eigenvalue weighted by molar-refractivity contribution is -0.189. The van der Waals surface area contributed by atoms with E-state index in [0.29, 0.717) is 11.6 Å². The molecular formula is C21H14BrF5N2O5. The second-order valence-corrected chi connectivity index (χ2v) is 7.71. The van der Waals surface area contributed by atoms with Crippen molar-refractivity contribution in [2.24, 2.45) is 0 Å². The van der Waals surface area contributed by atoms with E-state index in [1.54, 1.807) is 0 Å². The molecular weight excluding hydrogens is 535 g/mol. The van der Waals surface area contributed by atoms with Crippen molar-refractivity contribution >= 4 is 21.9 Å². The Morgan fingerprint density at radius 3 is 2.44 bits per heavy atom. The lowest BCUT2D eigenvalue weighted by atomic mass is 10.2. The summed E-state index contributed by atoms with van der Waals surface area (Å²) in [6, 6.07) is 5.18. The van der Waals surface area contributed by atoms with Crippen LogP contribution in [0.2, 0.25) is 0 Å². The van der Waals surface area contributed by atoms with Crippen molar-refractivity contribution in [1.29, 1.82) is 0 Å². The van der Waals surface area contributed by atoms with Crippen LogP contribution in [-0.4, -0.2) is 21.7 Å². The zero-order valence-corrected chi connectivity index (χ0v) is 18.7. The SMILES string of the molecule is Cc1c(OC(=O)C(F)(F)F)c(OCc2ccc(F)cc2F)c(Br)c(=O)n1Cc1cc[nH]c(=O)c1. The fraction of sp³-hybridized carbons (Fsp3) is 0.190. The number of carbonyl (C=O) groups excluding carboxylic acids is 1. The minimum atomic E-state index is -5.37. The number of carbonyl (C=O) groups is 1. The first kappa shape index (κ1) is 25.1. The molecule has 0 radical (unpaired) electrons. The third-order valence-electron chi connectivity index (χ3n) is 4.57. The normalized spacial score (nSPS) is 11.4. The summed E-state index contributed by atoms with van der Waals surface area (Å²) < 4.78 is 76.2. The summed E-state index contributed by atoms with van der Waals surface area (Å²) in [5.74, 6) is -5.78. The number of hydrogen-bond donors (Lipinski definition) is 1. The zero-order chi connectivity index (χ0) is 25.2. The Kier molecular flexibility index (Phi) is 7.24. The summed E-state index contributed by atoms with van der Waals surface area (Å²) in [6.07, 6.45) is -4.06. The van der Waals surface area contributed by atoms with E-state index in [9.17, 15) is 36.3 Å². The molecule has 0 saturated carbocycles. The van der Waals surface area contributed by atoms with E-state index < -0.39 is 57.5 Å². The Labute approximate surface area is 195 Å². The molecule has 0 aliphatic rings. The first-order valence-electron chi connectivity index (χ1n) is 9.34. The van der Waals surface area contributed by atoms with Gasteiger partial charge in [0, 0.05) is 23.9 Å². The number of rotatable bonds is 6. The minimum Gasteiger partial charge on any atom is -0.483 e. The van der Waals surface area contributed by atoms with Gasteiger partial charge in [0.25, 0.3) is 5.56 Å². The van der Waals surface area contributed by atoms with Crippen LogP contribution in [0.4, 0.5) is 22.0 Å². The van der Waals surface area contributed by atoms with Crippen molar-refractivity contribution < 1.29 is 36.2 Å². The molecule has 0 amide bonds. The van der Waals surface area contributed by atoms with Crippen molar-refractivity contribution in [3.63, 3.8) is 0 Å². The molecule has 0 spiro atoms. The van der Waals surface area contributed by atoms with Gasteiger partial charge in [-0.25, -0.2) is 13.6 Å². The van der Waals surface area contributed by atoms with E-state index in [-0.39, 0.29) is 17.8 Å².